The molecule has 3 saturated carbocycles. The Morgan fingerprint density at radius 2 is 1.64 bits per heavy atom. The Bertz CT molecular complexity index is 1610. The molecular formula is C33H43N5O9. The maximum Gasteiger partial charge on any atom is 0.238 e. The quantitative estimate of drug-likeness (QED) is 0.193. The molecule has 8 atom stereocenters. The molecule has 0 heterocycles. The molecule has 3 fully saturated rings. The van der Waals surface area contributed by atoms with E-state index in [1.807, 2.05) is 20.8 Å². The highest BCUT2D eigenvalue weighted by molar-refractivity contribution is 6.30. The molecule has 0 saturated heterocycles. The van der Waals surface area contributed by atoms with Gasteiger partial charge >= 0.3 is 0 Å². The van der Waals surface area contributed by atoms with Crippen LogP contribution in [0.3, 0.4) is 0 Å². The number of carbonyl (C=O) groups is 7. The van der Waals surface area contributed by atoms with Crippen LogP contribution in [0, 0.1) is 35.5 Å². The largest absolute Gasteiger partial charge is 0.505 e. The molecule has 14 heteroatoms. The van der Waals surface area contributed by atoms with E-state index in [9.17, 15) is 43.8 Å². The van der Waals surface area contributed by atoms with Crippen LogP contribution in [-0.4, -0.2) is 108 Å². The van der Waals surface area contributed by atoms with Crippen molar-refractivity contribution < 1.29 is 43.8 Å². The number of amides is 2. The number of carbonyl (C=O) groups excluding carboxylic acids is 7. The average molecular weight is 654 g/mol. The van der Waals surface area contributed by atoms with Crippen molar-refractivity contribution in [2.75, 3.05) is 45.0 Å². The molecule has 14 nitrogen and oxygen atoms in total. The monoisotopic (exact) mass is 653 g/mol. The van der Waals surface area contributed by atoms with Crippen LogP contribution >= 0.6 is 0 Å². The van der Waals surface area contributed by atoms with Gasteiger partial charge in [-0.1, -0.05) is 0 Å². The Balaban J connectivity index is 1.59. The smallest absolute Gasteiger partial charge is 0.238 e. The van der Waals surface area contributed by atoms with Gasteiger partial charge in [-0.15, -0.1) is 0 Å². The first-order valence-corrected chi connectivity index (χ1v) is 15.7. The predicted molar refractivity (Wildman–Crippen MR) is 169 cm³/mol. The number of nitrogens with one attached hydrogen (secondary N) is 2. The average Bonchev–Trinajstić information content (AvgIpc) is 2.94. The lowest BCUT2D eigenvalue weighted by atomic mass is 9.48. The van der Waals surface area contributed by atoms with Gasteiger partial charge in [0.05, 0.1) is 29.6 Å². The Morgan fingerprint density at radius 3 is 2.19 bits per heavy atom. The second-order valence-electron chi connectivity index (χ2n) is 14.8. The van der Waals surface area contributed by atoms with Gasteiger partial charge in [0.1, 0.15) is 5.75 Å². The van der Waals surface area contributed by atoms with Crippen molar-refractivity contribution >= 4 is 52.1 Å². The summed E-state index contributed by atoms with van der Waals surface area (Å²) in [5.41, 5.74) is 2.96. The third-order valence-electron chi connectivity index (χ3n) is 10.3. The standard InChI is InChI=1S/C33H43N5O9/c1-32(2,3)35-12-20(40)36-17-11-18(37(4)5)14-8-13-9-16-25(38(6)7)15-10-19(39)24(31(34)46)28(43)23(15)30(45)33(16,47)29(44)21(13)27(42)22(14)26(17)41/h11,13,15-16,21,23-25,35,41,47H,8-10,12H2,1-7H3,(H2,34,46)(H,36,40)/t13?,15?,16?,21?,23?,24?,25-,33+/m1/s1. The van der Waals surface area contributed by atoms with Crippen LogP contribution in [0.25, 0.3) is 0 Å². The van der Waals surface area contributed by atoms with Crippen LogP contribution in [0.5, 0.6) is 5.75 Å². The molecule has 6 N–H and O–H groups in total. The Morgan fingerprint density at radius 1 is 1.02 bits per heavy atom. The van der Waals surface area contributed by atoms with E-state index >= 15 is 0 Å². The van der Waals surface area contributed by atoms with Crippen molar-refractivity contribution in [2.24, 2.45) is 41.2 Å². The number of fused-ring (bicyclic) bond motifs is 4. The van der Waals surface area contributed by atoms with Crippen LogP contribution in [0.1, 0.15) is 49.5 Å². The fraction of sp³-hybridized carbons (Fsp3) is 0.606. The van der Waals surface area contributed by atoms with Crippen LogP contribution in [-0.2, 0) is 35.2 Å². The summed E-state index contributed by atoms with van der Waals surface area (Å²) in [6.45, 7) is 5.56. The molecule has 0 aliphatic heterocycles. The number of ketones is 5. The summed E-state index contributed by atoms with van der Waals surface area (Å²) in [5, 5.41) is 29.2. The summed E-state index contributed by atoms with van der Waals surface area (Å²) < 4.78 is 0. The topological polar surface area (TPSA) is 217 Å². The minimum Gasteiger partial charge on any atom is -0.505 e. The number of rotatable bonds is 6. The normalized spacial score (nSPS) is 31.9. The number of nitrogens with two attached hydrogens (primary N) is 1. The third-order valence-corrected chi connectivity index (χ3v) is 10.3. The lowest BCUT2D eigenvalue weighted by Gasteiger charge is -2.57. The van der Waals surface area contributed by atoms with E-state index in [2.05, 4.69) is 10.6 Å². The van der Waals surface area contributed by atoms with E-state index < -0.39 is 93.6 Å². The number of benzene rings is 1. The molecule has 2 amide bonds. The number of phenols is 1. The SMILES string of the molecule is CN(C)c1cc(NC(=O)CNC(C)(C)C)c(O)c2c1CC1CC3[C@H](N(C)C)C4CC(=O)C(C(N)=O)C(=O)C4C(=O)[C@@]3(O)C(=O)C1C2=O. The van der Waals surface area contributed by atoms with Crippen molar-refractivity contribution in [3.63, 3.8) is 0 Å². The van der Waals surface area contributed by atoms with Gasteiger partial charge < -0.3 is 36.4 Å². The first kappa shape index (κ1) is 34.3. The summed E-state index contributed by atoms with van der Waals surface area (Å²) in [6, 6.07) is 0.760. The van der Waals surface area contributed by atoms with E-state index in [0.717, 1.165) is 0 Å². The first-order valence-electron chi connectivity index (χ1n) is 15.7. The van der Waals surface area contributed by atoms with Crippen molar-refractivity contribution in [1.29, 1.82) is 0 Å². The van der Waals surface area contributed by atoms with Gasteiger partial charge in [0.15, 0.2) is 40.4 Å². The highest BCUT2D eigenvalue weighted by Crippen LogP contribution is 2.55. The first-order chi connectivity index (χ1) is 21.7. The van der Waals surface area contributed by atoms with E-state index in [4.69, 9.17) is 5.73 Å². The molecule has 0 bridgehead atoms. The molecule has 5 rings (SSSR count). The van der Waals surface area contributed by atoms with Crippen molar-refractivity contribution in [3.8, 4) is 5.75 Å². The number of aromatic hydroxyl groups is 1. The summed E-state index contributed by atoms with van der Waals surface area (Å²) in [4.78, 5) is 97.4. The van der Waals surface area contributed by atoms with Gasteiger partial charge in [0.25, 0.3) is 0 Å². The summed E-state index contributed by atoms with van der Waals surface area (Å²) in [7, 11) is 6.78. The van der Waals surface area contributed by atoms with Crippen LogP contribution < -0.4 is 21.3 Å². The van der Waals surface area contributed by atoms with Crippen molar-refractivity contribution in [1.82, 2.24) is 10.2 Å². The molecule has 47 heavy (non-hydrogen) atoms. The lowest BCUT2D eigenvalue weighted by molar-refractivity contribution is -0.188. The fourth-order valence-electron chi connectivity index (χ4n) is 8.35. The number of Topliss-reactive ketones (excluding diaryl/α,β-unsaturated/α-hetero) is 5. The number of anilines is 2. The summed E-state index contributed by atoms with van der Waals surface area (Å²) in [5.74, 6) is -14.7. The van der Waals surface area contributed by atoms with E-state index in [0.29, 0.717) is 11.3 Å². The zero-order valence-corrected chi connectivity index (χ0v) is 27.7. The minimum absolute atomic E-state index is 0.0299. The zero-order chi connectivity index (χ0) is 35.1. The fourth-order valence-corrected chi connectivity index (χ4v) is 8.35. The van der Waals surface area contributed by atoms with Gasteiger partial charge in [-0.05, 0) is 71.2 Å². The van der Waals surface area contributed by atoms with E-state index in [-0.39, 0.29) is 42.6 Å². The third kappa shape index (κ3) is 5.35. The van der Waals surface area contributed by atoms with E-state index in [1.54, 1.807) is 44.1 Å². The molecular weight excluding hydrogens is 610 g/mol. The molecule has 254 valence electrons. The number of hydrogen-bond acceptors (Lipinski definition) is 12. The minimum atomic E-state index is -2.77. The Hall–Kier alpha value is -4.01. The maximum atomic E-state index is 14.4. The number of phenolic OH excluding ortho intramolecular Hbond substituents is 1. The summed E-state index contributed by atoms with van der Waals surface area (Å²) >= 11 is 0. The van der Waals surface area contributed by atoms with Crippen LogP contribution in [0.2, 0.25) is 0 Å². The number of aliphatic hydroxyl groups is 1. The molecule has 0 aromatic heterocycles. The summed E-state index contributed by atoms with van der Waals surface area (Å²) in [6.07, 6.45) is -0.148. The number of hydrogen-bond donors (Lipinski definition) is 5. The van der Waals surface area contributed by atoms with Crippen LogP contribution in [0.4, 0.5) is 11.4 Å². The number of primary amides is 1. The highest BCUT2D eigenvalue weighted by atomic mass is 16.3. The van der Waals surface area contributed by atoms with Gasteiger partial charge in [0.2, 0.25) is 11.8 Å². The van der Waals surface area contributed by atoms with Gasteiger partial charge in [0, 0.05) is 43.7 Å². The van der Waals surface area contributed by atoms with Gasteiger partial charge in [-0.25, -0.2) is 0 Å². The molecule has 6 unspecified atom stereocenters. The predicted octanol–water partition coefficient (Wildman–Crippen LogP) is -0.535. The second-order valence-corrected chi connectivity index (χ2v) is 14.8. The van der Waals surface area contributed by atoms with E-state index in [1.165, 1.54) is 0 Å². The Labute approximate surface area is 272 Å². The second kappa shape index (κ2) is 11.6. The maximum absolute atomic E-state index is 14.4. The zero-order valence-electron chi connectivity index (χ0n) is 27.7. The molecule has 1 aromatic rings. The van der Waals surface area contributed by atoms with Crippen molar-refractivity contribution in [2.45, 2.75) is 57.2 Å². The molecule has 0 radical (unpaired) electrons. The van der Waals surface area contributed by atoms with Gasteiger partial charge in [-0.2, -0.15) is 0 Å². The van der Waals surface area contributed by atoms with Crippen molar-refractivity contribution in [3.05, 3.63) is 17.2 Å². The Kier molecular flexibility index (Phi) is 8.47. The van der Waals surface area contributed by atoms with Gasteiger partial charge in [-0.3, -0.25) is 33.6 Å². The molecule has 4 aliphatic carbocycles. The van der Waals surface area contributed by atoms with Crippen LogP contribution in [0.15, 0.2) is 6.07 Å². The molecule has 1 aromatic carbocycles. The molecule has 4 aliphatic rings. The highest BCUT2D eigenvalue weighted by Gasteiger charge is 2.71. The molecule has 0 spiro atoms. The number of nitrogens with zero attached hydrogens (tertiary/aromatic N) is 2. The lowest BCUT2D eigenvalue weighted by Crippen LogP contribution is -2.74.